The summed E-state index contributed by atoms with van der Waals surface area (Å²) in [5.41, 5.74) is 13.6. The molecule has 0 fully saturated rings. The minimum atomic E-state index is 1.07. The molecule has 7 rings (SSSR count). The van der Waals surface area contributed by atoms with Crippen molar-refractivity contribution in [2.45, 2.75) is 33.1 Å². The molecular weight excluding hydrogens is 478 g/mol. The Balaban J connectivity index is 1.39. The fourth-order valence-electron chi connectivity index (χ4n) is 6.45. The molecule has 6 aromatic rings. The predicted molar refractivity (Wildman–Crippen MR) is 166 cm³/mol. The zero-order valence-electron chi connectivity index (χ0n) is 22.2. The Morgan fingerprint density at radius 1 is 0.789 bits per heavy atom. The van der Waals surface area contributed by atoms with E-state index in [4.69, 9.17) is 0 Å². The number of aromatic nitrogens is 1. The van der Waals surface area contributed by atoms with Crippen LogP contribution in [-0.4, -0.2) is 4.57 Å². The van der Waals surface area contributed by atoms with Crippen LogP contribution in [0.4, 0.5) is 0 Å². The summed E-state index contributed by atoms with van der Waals surface area (Å²) >= 11 is 1.92. The number of hydrogen-bond acceptors (Lipinski definition) is 1. The average Bonchev–Trinajstić information content (AvgIpc) is 3.47. The SMILES string of the molecule is C/C=C\c1c(CC)sc2ccc(-c3cccc(-c4cccc5c6c(n(C)c45)CCc4ccccc4-6)c3)cc12. The van der Waals surface area contributed by atoms with Crippen LogP contribution >= 0.6 is 11.3 Å². The molecule has 4 aromatic carbocycles. The van der Waals surface area contributed by atoms with Gasteiger partial charge in [0.05, 0.1) is 5.52 Å². The quantitative estimate of drug-likeness (QED) is 0.223. The molecule has 2 heteroatoms. The van der Waals surface area contributed by atoms with Gasteiger partial charge in [-0.1, -0.05) is 85.8 Å². The van der Waals surface area contributed by atoms with Gasteiger partial charge in [0.25, 0.3) is 0 Å². The highest BCUT2D eigenvalue weighted by molar-refractivity contribution is 7.19. The van der Waals surface area contributed by atoms with Crippen LogP contribution in [-0.2, 0) is 26.3 Å². The van der Waals surface area contributed by atoms with Crippen LogP contribution in [0.3, 0.4) is 0 Å². The molecule has 0 saturated heterocycles. The molecule has 2 heterocycles. The monoisotopic (exact) mass is 509 g/mol. The molecule has 0 unspecified atom stereocenters. The molecule has 1 aliphatic rings. The van der Waals surface area contributed by atoms with E-state index in [1.807, 2.05) is 11.3 Å². The zero-order chi connectivity index (χ0) is 25.8. The van der Waals surface area contributed by atoms with E-state index in [1.165, 1.54) is 76.1 Å². The van der Waals surface area contributed by atoms with Crippen molar-refractivity contribution in [3.05, 3.63) is 113 Å². The van der Waals surface area contributed by atoms with Crippen molar-refractivity contribution in [2.75, 3.05) is 0 Å². The highest BCUT2D eigenvalue weighted by atomic mass is 32.1. The zero-order valence-corrected chi connectivity index (χ0v) is 23.0. The summed E-state index contributed by atoms with van der Waals surface area (Å²) in [7, 11) is 2.25. The third-order valence-corrected chi connectivity index (χ3v) is 9.55. The van der Waals surface area contributed by atoms with E-state index in [2.05, 4.69) is 123 Å². The first-order valence-electron chi connectivity index (χ1n) is 13.7. The molecular formula is C36H31NS. The minimum absolute atomic E-state index is 1.07. The lowest BCUT2D eigenvalue weighted by Crippen LogP contribution is -2.06. The van der Waals surface area contributed by atoms with E-state index in [9.17, 15) is 0 Å². The lowest BCUT2D eigenvalue weighted by molar-refractivity contribution is 0.812. The first-order chi connectivity index (χ1) is 18.7. The molecule has 0 radical (unpaired) electrons. The van der Waals surface area contributed by atoms with E-state index in [0.29, 0.717) is 0 Å². The Hall–Kier alpha value is -3.88. The summed E-state index contributed by atoms with van der Waals surface area (Å²) < 4.78 is 3.82. The average molecular weight is 510 g/mol. The van der Waals surface area contributed by atoms with Crippen molar-refractivity contribution in [2.24, 2.45) is 7.05 Å². The molecule has 0 amide bonds. The van der Waals surface area contributed by atoms with Gasteiger partial charge < -0.3 is 4.57 Å². The number of fused-ring (bicyclic) bond motifs is 6. The van der Waals surface area contributed by atoms with Gasteiger partial charge in [-0.2, -0.15) is 0 Å². The summed E-state index contributed by atoms with van der Waals surface area (Å²) in [4.78, 5) is 1.46. The molecule has 0 spiro atoms. The Morgan fingerprint density at radius 3 is 2.45 bits per heavy atom. The summed E-state index contributed by atoms with van der Waals surface area (Å²) in [5.74, 6) is 0. The third-order valence-electron chi connectivity index (χ3n) is 8.22. The van der Waals surface area contributed by atoms with Crippen LogP contribution in [0.5, 0.6) is 0 Å². The maximum Gasteiger partial charge on any atom is 0.0566 e. The second kappa shape index (κ2) is 9.15. The first-order valence-corrected chi connectivity index (χ1v) is 14.5. The summed E-state index contributed by atoms with van der Waals surface area (Å²) in [6, 6.07) is 31.8. The standard InChI is InChI=1S/C36H31NS/c1-4-10-29-31-22-25(18-20-34(31)38-33(29)5-2)24-12-8-13-26(21-24)28-15-9-16-30-35-27-14-7-6-11-23(27)17-19-32(35)37(3)36(28)30/h4,6-16,18,20-22H,5,17,19H2,1-3H3/b10-4-. The number of aryl methyl sites for hydroxylation is 3. The number of para-hydroxylation sites is 1. The number of benzene rings is 4. The number of hydrogen-bond donors (Lipinski definition) is 0. The molecule has 186 valence electrons. The van der Waals surface area contributed by atoms with Gasteiger partial charge in [-0.15, -0.1) is 11.3 Å². The molecule has 38 heavy (non-hydrogen) atoms. The first kappa shape index (κ1) is 23.3. The number of allylic oxidation sites excluding steroid dienone is 1. The predicted octanol–water partition coefficient (Wildman–Crippen LogP) is 10.1. The second-order valence-electron chi connectivity index (χ2n) is 10.3. The Morgan fingerprint density at radius 2 is 1.58 bits per heavy atom. The molecule has 2 aromatic heterocycles. The summed E-state index contributed by atoms with van der Waals surface area (Å²) in [5, 5.41) is 2.73. The van der Waals surface area contributed by atoms with Crippen molar-refractivity contribution in [1.29, 1.82) is 0 Å². The van der Waals surface area contributed by atoms with Crippen molar-refractivity contribution < 1.29 is 0 Å². The normalized spacial score (nSPS) is 12.9. The van der Waals surface area contributed by atoms with Crippen molar-refractivity contribution in [3.8, 4) is 33.4 Å². The van der Waals surface area contributed by atoms with E-state index in [1.54, 1.807) is 0 Å². The molecule has 0 aliphatic heterocycles. The van der Waals surface area contributed by atoms with Crippen molar-refractivity contribution in [3.63, 3.8) is 0 Å². The van der Waals surface area contributed by atoms with Gasteiger partial charge >= 0.3 is 0 Å². The smallest absolute Gasteiger partial charge is 0.0566 e. The number of thiophene rings is 1. The lowest BCUT2D eigenvalue weighted by Gasteiger charge is -2.17. The summed E-state index contributed by atoms with van der Waals surface area (Å²) in [6.07, 6.45) is 7.70. The van der Waals surface area contributed by atoms with E-state index >= 15 is 0 Å². The largest absolute Gasteiger partial charge is 0.347 e. The van der Waals surface area contributed by atoms with E-state index in [-0.39, 0.29) is 0 Å². The van der Waals surface area contributed by atoms with Crippen LogP contribution in [0, 0.1) is 0 Å². The minimum Gasteiger partial charge on any atom is -0.347 e. The van der Waals surface area contributed by atoms with E-state index in [0.717, 1.165) is 19.3 Å². The van der Waals surface area contributed by atoms with Gasteiger partial charge in [0.15, 0.2) is 0 Å². The van der Waals surface area contributed by atoms with E-state index < -0.39 is 0 Å². The molecule has 0 saturated carbocycles. The van der Waals surface area contributed by atoms with Crippen LogP contribution < -0.4 is 0 Å². The Labute approximate surface area is 228 Å². The molecule has 1 aliphatic carbocycles. The maximum absolute atomic E-state index is 2.45. The molecule has 0 bridgehead atoms. The van der Waals surface area contributed by atoms with Gasteiger partial charge in [-0.25, -0.2) is 0 Å². The fraction of sp³-hybridized carbons (Fsp3) is 0.167. The lowest BCUT2D eigenvalue weighted by atomic mass is 9.88. The fourth-order valence-corrected chi connectivity index (χ4v) is 7.56. The van der Waals surface area contributed by atoms with Crippen LogP contribution in [0.1, 0.15) is 35.5 Å². The van der Waals surface area contributed by atoms with Crippen LogP contribution in [0.15, 0.2) is 91.0 Å². The Kier molecular flexibility index (Phi) is 5.60. The van der Waals surface area contributed by atoms with Gasteiger partial charge in [-0.05, 0) is 77.8 Å². The van der Waals surface area contributed by atoms with Gasteiger partial charge in [-0.3, -0.25) is 0 Å². The molecule has 0 N–H and O–H groups in total. The second-order valence-corrected chi connectivity index (χ2v) is 11.5. The van der Waals surface area contributed by atoms with Crippen molar-refractivity contribution >= 4 is 38.4 Å². The van der Waals surface area contributed by atoms with Gasteiger partial charge in [0.2, 0.25) is 0 Å². The highest BCUT2D eigenvalue weighted by Crippen LogP contribution is 2.44. The maximum atomic E-state index is 2.45. The highest BCUT2D eigenvalue weighted by Gasteiger charge is 2.24. The topological polar surface area (TPSA) is 4.93 Å². The third kappa shape index (κ3) is 3.51. The van der Waals surface area contributed by atoms with Crippen LogP contribution in [0.2, 0.25) is 0 Å². The van der Waals surface area contributed by atoms with Gasteiger partial charge in [0.1, 0.15) is 0 Å². The Bertz CT molecular complexity index is 1880. The van der Waals surface area contributed by atoms with Crippen LogP contribution in [0.25, 0.3) is 60.4 Å². The summed E-state index contributed by atoms with van der Waals surface area (Å²) in [6.45, 7) is 4.36. The van der Waals surface area contributed by atoms with Gasteiger partial charge in [0, 0.05) is 44.2 Å². The number of nitrogens with zero attached hydrogens (tertiary/aromatic N) is 1. The molecule has 0 atom stereocenters. The molecule has 1 nitrogen and oxygen atoms in total. The number of rotatable bonds is 4. The van der Waals surface area contributed by atoms with Crippen molar-refractivity contribution in [1.82, 2.24) is 4.57 Å².